The molecule has 2 atom stereocenters. The van der Waals surface area contributed by atoms with Crippen LogP contribution in [0.25, 0.3) is 0 Å². The lowest BCUT2D eigenvalue weighted by atomic mass is 9.63. The minimum Gasteiger partial charge on any atom is -0.466 e. The molecule has 2 aromatic carbocycles. The van der Waals surface area contributed by atoms with Gasteiger partial charge >= 0.3 is 5.97 Å². The Hall–Kier alpha value is -2.90. The van der Waals surface area contributed by atoms with Crippen molar-refractivity contribution in [2.45, 2.75) is 83.3 Å². The van der Waals surface area contributed by atoms with Crippen LogP contribution in [-0.4, -0.2) is 54.5 Å². The van der Waals surface area contributed by atoms with Gasteiger partial charge in [-0.1, -0.05) is 67.3 Å². The molecule has 5 rings (SSSR count). The molecule has 2 fully saturated rings. The molecule has 2 aromatic rings. The molecule has 2 heterocycles. The quantitative estimate of drug-likeness (QED) is 0.437. The molecular formula is C33H42ClN3O4. The molecule has 220 valence electrons. The molecule has 2 N–H and O–H groups in total. The summed E-state index contributed by atoms with van der Waals surface area (Å²) in [6.45, 7) is 3.80. The van der Waals surface area contributed by atoms with Crippen LogP contribution >= 0.6 is 11.6 Å². The van der Waals surface area contributed by atoms with Gasteiger partial charge < -0.3 is 20.3 Å². The number of likely N-dealkylation sites (tertiary alicyclic amines) is 1. The summed E-state index contributed by atoms with van der Waals surface area (Å²) in [5, 5.41) is 7.05. The second-order valence-corrected chi connectivity index (χ2v) is 12.3. The Labute approximate surface area is 248 Å². The summed E-state index contributed by atoms with van der Waals surface area (Å²) in [6.07, 6.45) is 7.74. The summed E-state index contributed by atoms with van der Waals surface area (Å²) < 4.78 is 5.60. The summed E-state index contributed by atoms with van der Waals surface area (Å²) in [5.74, 6) is -0.0800. The second-order valence-electron chi connectivity index (χ2n) is 11.8. The van der Waals surface area contributed by atoms with Crippen LogP contribution in [0.2, 0.25) is 5.02 Å². The van der Waals surface area contributed by atoms with E-state index < -0.39 is 17.5 Å². The summed E-state index contributed by atoms with van der Waals surface area (Å²) in [6, 6.07) is 14.4. The van der Waals surface area contributed by atoms with Gasteiger partial charge in [0.25, 0.3) is 0 Å². The number of carbonyl (C=O) groups is 3. The first-order valence-electron chi connectivity index (χ1n) is 15.2. The minimum absolute atomic E-state index is 0.103. The third-order valence-electron chi connectivity index (χ3n) is 9.40. The summed E-state index contributed by atoms with van der Waals surface area (Å²) >= 11 is 6.11. The van der Waals surface area contributed by atoms with Gasteiger partial charge in [0.1, 0.15) is 6.04 Å². The Bertz CT molecular complexity index is 1220. The van der Waals surface area contributed by atoms with Crippen molar-refractivity contribution >= 4 is 29.4 Å². The predicted molar refractivity (Wildman–Crippen MR) is 159 cm³/mol. The number of piperidine rings is 1. The number of amides is 2. The van der Waals surface area contributed by atoms with E-state index in [0.29, 0.717) is 62.9 Å². The molecule has 1 saturated carbocycles. The zero-order chi connectivity index (χ0) is 28.8. The lowest BCUT2D eigenvalue weighted by Crippen LogP contribution is -2.58. The molecule has 0 aromatic heterocycles. The lowest BCUT2D eigenvalue weighted by molar-refractivity contribution is -0.166. The number of esters is 1. The van der Waals surface area contributed by atoms with Gasteiger partial charge in [0, 0.05) is 31.1 Å². The molecule has 0 spiro atoms. The van der Waals surface area contributed by atoms with Gasteiger partial charge in [-0.25, -0.2) is 0 Å². The molecule has 7 nitrogen and oxygen atoms in total. The fraction of sp³-hybridized carbons (Fsp3) is 0.545. The fourth-order valence-corrected chi connectivity index (χ4v) is 7.15. The normalized spacial score (nSPS) is 21.4. The number of hydrogen-bond donors (Lipinski definition) is 2. The maximum atomic E-state index is 14.0. The third kappa shape index (κ3) is 6.78. The van der Waals surface area contributed by atoms with Gasteiger partial charge in [0.05, 0.1) is 18.1 Å². The van der Waals surface area contributed by atoms with Crippen LogP contribution in [0.1, 0.15) is 68.6 Å². The number of hydrogen-bond acceptors (Lipinski definition) is 5. The first kappa shape index (κ1) is 29.6. The van der Waals surface area contributed by atoms with Crippen molar-refractivity contribution in [3.05, 3.63) is 70.2 Å². The highest BCUT2D eigenvalue weighted by molar-refractivity contribution is 6.30. The average molecular weight is 580 g/mol. The number of nitrogens with zero attached hydrogens (tertiary/aromatic N) is 1. The first-order valence-corrected chi connectivity index (χ1v) is 15.6. The summed E-state index contributed by atoms with van der Waals surface area (Å²) in [5.41, 5.74) is 2.75. The second kappa shape index (κ2) is 13.4. The number of carbonyl (C=O) groups excluding carboxylic acids is 3. The third-order valence-corrected chi connectivity index (χ3v) is 9.65. The van der Waals surface area contributed by atoms with Crippen molar-refractivity contribution in [2.75, 3.05) is 19.7 Å². The molecular weight excluding hydrogens is 538 g/mol. The van der Waals surface area contributed by atoms with Gasteiger partial charge in [-0.05, 0) is 73.8 Å². The molecule has 2 aliphatic heterocycles. The van der Waals surface area contributed by atoms with E-state index in [1.807, 2.05) is 36.1 Å². The topological polar surface area (TPSA) is 87.7 Å². The lowest BCUT2D eigenvalue weighted by Gasteiger charge is -2.46. The van der Waals surface area contributed by atoms with Crippen molar-refractivity contribution < 1.29 is 19.1 Å². The summed E-state index contributed by atoms with van der Waals surface area (Å²) in [7, 11) is 0. The van der Waals surface area contributed by atoms with E-state index in [2.05, 4.69) is 22.8 Å². The Kier molecular flexibility index (Phi) is 9.66. The van der Waals surface area contributed by atoms with E-state index >= 15 is 0 Å². The zero-order valence-electron chi connectivity index (χ0n) is 24.0. The Morgan fingerprint density at radius 2 is 1.71 bits per heavy atom. The van der Waals surface area contributed by atoms with Crippen LogP contribution in [-0.2, 0) is 38.5 Å². The van der Waals surface area contributed by atoms with E-state index in [4.69, 9.17) is 16.3 Å². The molecule has 1 unspecified atom stereocenters. The van der Waals surface area contributed by atoms with Crippen molar-refractivity contribution in [3.63, 3.8) is 0 Å². The molecule has 2 amide bonds. The average Bonchev–Trinajstić information content (AvgIpc) is 3.01. The van der Waals surface area contributed by atoms with Gasteiger partial charge in [0.2, 0.25) is 11.8 Å². The van der Waals surface area contributed by atoms with Crippen LogP contribution in [0, 0.1) is 11.3 Å². The first-order chi connectivity index (χ1) is 19.9. The fourth-order valence-electron chi connectivity index (χ4n) is 7.02. The molecule has 41 heavy (non-hydrogen) atoms. The number of nitrogens with one attached hydrogen (secondary N) is 2. The van der Waals surface area contributed by atoms with Crippen LogP contribution < -0.4 is 10.6 Å². The zero-order valence-corrected chi connectivity index (χ0v) is 24.8. The molecule has 0 bridgehead atoms. The number of ether oxygens (including phenoxy) is 1. The summed E-state index contributed by atoms with van der Waals surface area (Å²) in [4.78, 5) is 42.7. The Morgan fingerprint density at radius 1 is 1.02 bits per heavy atom. The minimum atomic E-state index is -0.715. The Morgan fingerprint density at radius 3 is 2.39 bits per heavy atom. The smallest absolute Gasteiger partial charge is 0.312 e. The number of fused-ring (bicyclic) bond motifs is 1. The van der Waals surface area contributed by atoms with Gasteiger partial charge in [-0.15, -0.1) is 0 Å². The van der Waals surface area contributed by atoms with Crippen molar-refractivity contribution in [2.24, 2.45) is 11.3 Å². The van der Waals surface area contributed by atoms with Crippen molar-refractivity contribution in [1.82, 2.24) is 15.5 Å². The molecule has 1 saturated heterocycles. The molecule has 8 heteroatoms. The van der Waals surface area contributed by atoms with Gasteiger partial charge in [-0.3, -0.25) is 14.4 Å². The van der Waals surface area contributed by atoms with Crippen LogP contribution in [0.5, 0.6) is 0 Å². The molecule has 3 aliphatic rings. The molecule has 0 radical (unpaired) electrons. The number of halogens is 1. The van der Waals surface area contributed by atoms with Crippen molar-refractivity contribution in [3.8, 4) is 0 Å². The van der Waals surface area contributed by atoms with E-state index in [1.165, 1.54) is 12.0 Å². The maximum absolute atomic E-state index is 14.0. The van der Waals surface area contributed by atoms with Gasteiger partial charge in [0.15, 0.2) is 0 Å². The van der Waals surface area contributed by atoms with Crippen molar-refractivity contribution in [1.29, 1.82) is 0 Å². The molecule has 1 aliphatic carbocycles. The van der Waals surface area contributed by atoms with Gasteiger partial charge in [-0.2, -0.15) is 0 Å². The van der Waals surface area contributed by atoms with E-state index in [1.54, 1.807) is 12.1 Å². The van der Waals surface area contributed by atoms with Crippen LogP contribution in [0.4, 0.5) is 0 Å². The predicted octanol–water partition coefficient (Wildman–Crippen LogP) is 4.83. The number of benzene rings is 2. The Balaban J connectivity index is 1.30. The SMILES string of the molecule is CCOC(=O)C1(C2CCCCC2)CCN(C(=O)C(Cc2ccc(Cl)cc2)NC(=O)[C@@H]2Cc3ccccc3CN2)CC1. The largest absolute Gasteiger partial charge is 0.466 e. The van der Waals surface area contributed by atoms with Crippen LogP contribution in [0.15, 0.2) is 48.5 Å². The maximum Gasteiger partial charge on any atom is 0.312 e. The van der Waals surface area contributed by atoms with E-state index in [-0.39, 0.29) is 17.8 Å². The number of rotatable bonds is 8. The van der Waals surface area contributed by atoms with Crippen LogP contribution in [0.3, 0.4) is 0 Å². The van der Waals surface area contributed by atoms with E-state index in [9.17, 15) is 14.4 Å². The highest BCUT2D eigenvalue weighted by Crippen LogP contribution is 2.47. The van der Waals surface area contributed by atoms with E-state index in [0.717, 1.165) is 36.8 Å². The highest BCUT2D eigenvalue weighted by Gasteiger charge is 2.49. The highest BCUT2D eigenvalue weighted by atomic mass is 35.5. The monoisotopic (exact) mass is 579 g/mol. The standard InChI is InChI=1S/C33H42ClN3O4/c1-2-41-32(40)33(26-10-4-3-5-11-26)16-18-37(19-17-33)31(39)29(20-23-12-14-27(34)15-13-23)36-30(38)28-21-24-8-6-7-9-25(24)22-35-28/h6-9,12-15,26,28-29,35H,2-5,10-11,16-22H2,1H3,(H,36,38)/t28-,29?/m0/s1.